The number of carbonyl (C=O) groups is 1. The van der Waals surface area contributed by atoms with Crippen LogP contribution in [0.2, 0.25) is 0 Å². The van der Waals surface area contributed by atoms with Gasteiger partial charge in [-0.05, 0) is 85.5 Å². The molecule has 170 valence electrons. The van der Waals surface area contributed by atoms with E-state index in [1.165, 1.54) is 4.90 Å². The smallest absolute Gasteiger partial charge is 0.407 e. The van der Waals surface area contributed by atoms with Crippen molar-refractivity contribution < 1.29 is 14.6 Å². The highest BCUT2D eigenvalue weighted by molar-refractivity contribution is 5.91. The van der Waals surface area contributed by atoms with Crippen LogP contribution in [0.5, 0.6) is 5.75 Å². The Balaban J connectivity index is 1.84. The van der Waals surface area contributed by atoms with Gasteiger partial charge in [0.1, 0.15) is 5.75 Å². The minimum absolute atomic E-state index is 0.369. The summed E-state index contributed by atoms with van der Waals surface area (Å²) in [6, 6.07) is 17.8. The van der Waals surface area contributed by atoms with E-state index in [4.69, 9.17) is 10.6 Å². The zero-order valence-electron chi connectivity index (χ0n) is 19.4. The van der Waals surface area contributed by atoms with E-state index in [9.17, 15) is 9.90 Å². The SMILES string of the molecule is COc1ccc(C#Cc2ccc3cc(C=NN)ccc3c2)cc1CCN(C(=O)O)C(C)(C)C. The summed E-state index contributed by atoms with van der Waals surface area (Å²) in [6.45, 7) is 6.02. The Morgan fingerprint density at radius 2 is 1.70 bits per heavy atom. The van der Waals surface area contributed by atoms with Gasteiger partial charge in [0.15, 0.2) is 0 Å². The van der Waals surface area contributed by atoms with Crippen LogP contribution in [0.4, 0.5) is 4.79 Å². The molecular weight excluding hydrogens is 414 g/mol. The largest absolute Gasteiger partial charge is 0.496 e. The zero-order valence-corrected chi connectivity index (χ0v) is 19.4. The molecule has 0 saturated carbocycles. The third-order valence-electron chi connectivity index (χ3n) is 5.36. The van der Waals surface area contributed by atoms with Crippen LogP contribution in [0.1, 0.15) is 43.0 Å². The number of fused-ring (bicyclic) bond motifs is 1. The molecule has 6 heteroatoms. The van der Waals surface area contributed by atoms with Crippen molar-refractivity contribution in [3.63, 3.8) is 0 Å². The molecule has 0 radical (unpaired) electrons. The van der Waals surface area contributed by atoms with Crippen molar-refractivity contribution in [2.24, 2.45) is 10.9 Å². The third kappa shape index (κ3) is 6.05. The van der Waals surface area contributed by atoms with E-state index in [1.807, 2.05) is 75.4 Å². The van der Waals surface area contributed by atoms with E-state index in [2.05, 4.69) is 16.9 Å². The number of nitrogens with two attached hydrogens (primary N) is 1. The van der Waals surface area contributed by atoms with Gasteiger partial charge in [-0.3, -0.25) is 0 Å². The highest BCUT2D eigenvalue weighted by atomic mass is 16.5. The van der Waals surface area contributed by atoms with E-state index >= 15 is 0 Å². The zero-order chi connectivity index (χ0) is 24.0. The lowest BCUT2D eigenvalue weighted by Gasteiger charge is -2.33. The maximum atomic E-state index is 11.7. The van der Waals surface area contributed by atoms with E-state index in [-0.39, 0.29) is 0 Å². The van der Waals surface area contributed by atoms with Crippen LogP contribution in [0.15, 0.2) is 59.7 Å². The van der Waals surface area contributed by atoms with Gasteiger partial charge in [0.05, 0.1) is 13.3 Å². The monoisotopic (exact) mass is 443 g/mol. The highest BCUT2D eigenvalue weighted by Crippen LogP contribution is 2.23. The molecule has 3 rings (SSSR count). The highest BCUT2D eigenvalue weighted by Gasteiger charge is 2.25. The van der Waals surface area contributed by atoms with Crippen LogP contribution in [0.3, 0.4) is 0 Å². The Hall–Kier alpha value is -3.98. The summed E-state index contributed by atoms with van der Waals surface area (Å²) in [5.74, 6) is 12.4. The summed E-state index contributed by atoms with van der Waals surface area (Å²) in [6.07, 6.45) is 1.22. The molecule has 0 aliphatic carbocycles. The lowest BCUT2D eigenvalue weighted by molar-refractivity contribution is 0.101. The molecule has 0 fully saturated rings. The van der Waals surface area contributed by atoms with Gasteiger partial charge in [-0.1, -0.05) is 30.0 Å². The summed E-state index contributed by atoms with van der Waals surface area (Å²) in [4.78, 5) is 13.1. The molecule has 3 aromatic carbocycles. The first-order chi connectivity index (χ1) is 15.7. The molecular formula is C27H29N3O3. The van der Waals surface area contributed by atoms with E-state index in [1.54, 1.807) is 13.3 Å². The Morgan fingerprint density at radius 1 is 1.06 bits per heavy atom. The number of benzene rings is 3. The summed E-state index contributed by atoms with van der Waals surface area (Å²) < 4.78 is 5.49. The van der Waals surface area contributed by atoms with Gasteiger partial charge < -0.3 is 20.6 Å². The number of hydrogen-bond acceptors (Lipinski definition) is 4. The van der Waals surface area contributed by atoms with Crippen LogP contribution in [-0.2, 0) is 6.42 Å². The van der Waals surface area contributed by atoms with Gasteiger partial charge in [0, 0.05) is 23.2 Å². The molecule has 0 bridgehead atoms. The Morgan fingerprint density at radius 3 is 2.33 bits per heavy atom. The number of hydrazone groups is 1. The number of carboxylic acid groups (broad SMARTS) is 1. The predicted octanol–water partition coefficient (Wildman–Crippen LogP) is 4.86. The maximum absolute atomic E-state index is 11.7. The molecule has 0 spiro atoms. The van der Waals surface area contributed by atoms with Crippen molar-refractivity contribution >= 4 is 23.1 Å². The molecule has 0 aliphatic heterocycles. The number of ether oxygens (including phenoxy) is 1. The quantitative estimate of drug-likeness (QED) is 0.255. The lowest BCUT2D eigenvalue weighted by atomic mass is 10.0. The van der Waals surface area contributed by atoms with Crippen molar-refractivity contribution in [2.45, 2.75) is 32.7 Å². The van der Waals surface area contributed by atoms with Gasteiger partial charge in [-0.25, -0.2) is 4.79 Å². The molecule has 0 aromatic heterocycles. The van der Waals surface area contributed by atoms with Crippen LogP contribution in [-0.4, -0.2) is 41.5 Å². The standard InChI is InChI=1S/C27H29N3O3/c1-27(2,3)30(26(31)32)14-13-24-16-20(9-12-25(24)33-4)6-5-19-7-10-23-17-21(18-29-28)8-11-22(23)15-19/h7-12,15-18H,13-14,28H2,1-4H3,(H,31,32). The molecule has 1 amide bonds. The normalized spacial score (nSPS) is 11.3. The molecule has 0 unspecified atom stereocenters. The first-order valence-corrected chi connectivity index (χ1v) is 10.7. The summed E-state index contributed by atoms with van der Waals surface area (Å²) in [5.41, 5.74) is 3.14. The third-order valence-corrected chi connectivity index (χ3v) is 5.36. The molecule has 0 heterocycles. The van der Waals surface area contributed by atoms with Crippen molar-refractivity contribution in [3.05, 3.63) is 76.9 Å². The Labute approximate surface area is 194 Å². The second kappa shape index (κ2) is 10.1. The molecule has 6 nitrogen and oxygen atoms in total. The predicted molar refractivity (Wildman–Crippen MR) is 133 cm³/mol. The average molecular weight is 444 g/mol. The van der Waals surface area contributed by atoms with E-state index < -0.39 is 11.6 Å². The van der Waals surface area contributed by atoms with Crippen molar-refractivity contribution in [3.8, 4) is 17.6 Å². The number of hydrogen-bond donors (Lipinski definition) is 2. The van der Waals surface area contributed by atoms with E-state index in [0.717, 1.165) is 38.8 Å². The second-order valence-electron chi connectivity index (χ2n) is 8.73. The molecule has 0 aliphatic rings. The molecule has 33 heavy (non-hydrogen) atoms. The first kappa shape index (κ1) is 23.7. The van der Waals surface area contributed by atoms with Crippen molar-refractivity contribution in [1.29, 1.82) is 0 Å². The molecule has 3 aromatic rings. The molecule has 0 atom stereocenters. The fourth-order valence-corrected chi connectivity index (χ4v) is 3.65. The van der Waals surface area contributed by atoms with Crippen LogP contribution >= 0.6 is 0 Å². The number of methoxy groups -OCH3 is 1. The van der Waals surface area contributed by atoms with Gasteiger partial charge in [0.25, 0.3) is 0 Å². The topological polar surface area (TPSA) is 88.2 Å². The number of nitrogens with zero attached hydrogens (tertiary/aromatic N) is 2. The van der Waals surface area contributed by atoms with Gasteiger partial charge in [0.2, 0.25) is 0 Å². The fraction of sp³-hybridized carbons (Fsp3) is 0.259. The fourth-order valence-electron chi connectivity index (χ4n) is 3.65. The number of rotatable bonds is 5. The summed E-state index contributed by atoms with van der Waals surface area (Å²) >= 11 is 0. The van der Waals surface area contributed by atoms with Gasteiger partial charge >= 0.3 is 6.09 Å². The molecule has 3 N–H and O–H groups in total. The van der Waals surface area contributed by atoms with Crippen molar-refractivity contribution in [2.75, 3.05) is 13.7 Å². The summed E-state index contributed by atoms with van der Waals surface area (Å²) in [7, 11) is 1.61. The number of amides is 1. The average Bonchev–Trinajstić information content (AvgIpc) is 2.77. The lowest BCUT2D eigenvalue weighted by Crippen LogP contribution is -2.45. The first-order valence-electron chi connectivity index (χ1n) is 10.7. The van der Waals surface area contributed by atoms with Crippen molar-refractivity contribution in [1.82, 2.24) is 4.90 Å². The Bertz CT molecular complexity index is 1250. The molecule has 0 saturated heterocycles. The van der Waals surface area contributed by atoms with Crippen LogP contribution in [0, 0.1) is 11.8 Å². The summed E-state index contributed by atoms with van der Waals surface area (Å²) in [5, 5.41) is 15.3. The maximum Gasteiger partial charge on any atom is 0.407 e. The van der Waals surface area contributed by atoms with E-state index in [0.29, 0.717) is 13.0 Å². The van der Waals surface area contributed by atoms with Crippen LogP contribution in [0.25, 0.3) is 10.8 Å². The second-order valence-corrected chi connectivity index (χ2v) is 8.73. The minimum atomic E-state index is -0.934. The van der Waals surface area contributed by atoms with Gasteiger partial charge in [-0.15, -0.1) is 0 Å². The minimum Gasteiger partial charge on any atom is -0.496 e. The van der Waals surface area contributed by atoms with Crippen LogP contribution < -0.4 is 10.6 Å². The van der Waals surface area contributed by atoms with Gasteiger partial charge in [-0.2, -0.15) is 5.10 Å². The Kier molecular flexibility index (Phi) is 7.24.